The van der Waals surface area contributed by atoms with E-state index in [-0.39, 0.29) is 11.8 Å². The molecule has 2 aliphatic carbocycles. The van der Waals surface area contributed by atoms with Gasteiger partial charge in [0.1, 0.15) is 0 Å². The maximum absolute atomic E-state index is 13.0. The first kappa shape index (κ1) is 9.04. The second kappa shape index (κ2) is 2.89. The standard InChI is InChI=1S/C10H16F2N2/c11-10(12)8-5-7(6-9(8)10)14-3-1-13-2-4-14/h7-9,13H,1-6H2. The van der Waals surface area contributed by atoms with Crippen LogP contribution < -0.4 is 5.32 Å². The van der Waals surface area contributed by atoms with Gasteiger partial charge in [-0.3, -0.25) is 4.90 Å². The molecule has 4 heteroatoms. The summed E-state index contributed by atoms with van der Waals surface area (Å²) in [5.41, 5.74) is 0. The Kier molecular flexibility index (Phi) is 1.86. The van der Waals surface area contributed by atoms with E-state index in [1.54, 1.807) is 0 Å². The van der Waals surface area contributed by atoms with Gasteiger partial charge < -0.3 is 5.32 Å². The van der Waals surface area contributed by atoms with Gasteiger partial charge in [-0.1, -0.05) is 0 Å². The Morgan fingerprint density at radius 2 is 1.64 bits per heavy atom. The van der Waals surface area contributed by atoms with Gasteiger partial charge in [0, 0.05) is 44.1 Å². The minimum absolute atomic E-state index is 0.276. The predicted octanol–water partition coefficient (Wildman–Crippen LogP) is 0.935. The first-order chi connectivity index (χ1) is 6.69. The second-order valence-corrected chi connectivity index (χ2v) is 4.80. The van der Waals surface area contributed by atoms with Crippen molar-refractivity contribution in [1.29, 1.82) is 0 Å². The van der Waals surface area contributed by atoms with Gasteiger partial charge in [-0.2, -0.15) is 0 Å². The zero-order valence-electron chi connectivity index (χ0n) is 8.18. The number of piperazine rings is 1. The number of alkyl halides is 2. The maximum Gasteiger partial charge on any atom is 0.254 e. The lowest BCUT2D eigenvalue weighted by atomic mass is 10.1. The van der Waals surface area contributed by atoms with E-state index < -0.39 is 5.92 Å². The van der Waals surface area contributed by atoms with Crippen molar-refractivity contribution in [3.63, 3.8) is 0 Å². The molecule has 80 valence electrons. The molecule has 1 aliphatic heterocycles. The predicted molar refractivity (Wildman–Crippen MR) is 49.4 cm³/mol. The third kappa shape index (κ3) is 1.20. The highest BCUT2D eigenvalue weighted by Gasteiger charge is 2.71. The molecule has 2 unspecified atom stereocenters. The Balaban J connectivity index is 1.58. The first-order valence-corrected chi connectivity index (χ1v) is 5.52. The van der Waals surface area contributed by atoms with E-state index in [1.165, 1.54) is 0 Å². The summed E-state index contributed by atoms with van der Waals surface area (Å²) in [6, 6.07) is 0.451. The minimum atomic E-state index is -2.30. The van der Waals surface area contributed by atoms with Gasteiger partial charge in [0.25, 0.3) is 5.92 Å². The molecule has 0 amide bonds. The normalized spacial score (nSPS) is 46.3. The van der Waals surface area contributed by atoms with Crippen molar-refractivity contribution in [1.82, 2.24) is 10.2 Å². The Morgan fingerprint density at radius 1 is 1.07 bits per heavy atom. The summed E-state index contributed by atoms with van der Waals surface area (Å²) in [5.74, 6) is -2.85. The average molecular weight is 202 g/mol. The van der Waals surface area contributed by atoms with E-state index in [0.29, 0.717) is 6.04 Å². The monoisotopic (exact) mass is 202 g/mol. The largest absolute Gasteiger partial charge is 0.314 e. The van der Waals surface area contributed by atoms with Crippen molar-refractivity contribution in [2.45, 2.75) is 24.8 Å². The topological polar surface area (TPSA) is 15.3 Å². The molecule has 14 heavy (non-hydrogen) atoms. The summed E-state index contributed by atoms with van der Waals surface area (Å²) in [6.45, 7) is 4.11. The molecule has 3 aliphatic rings. The molecule has 0 aromatic heterocycles. The molecule has 2 saturated carbocycles. The lowest BCUT2D eigenvalue weighted by Crippen LogP contribution is -2.48. The molecule has 2 atom stereocenters. The van der Waals surface area contributed by atoms with Crippen LogP contribution in [0, 0.1) is 11.8 Å². The Labute approximate surface area is 82.6 Å². The molecule has 2 nitrogen and oxygen atoms in total. The number of halogens is 2. The molecule has 0 aromatic rings. The molecule has 0 bridgehead atoms. The fraction of sp³-hybridized carbons (Fsp3) is 1.00. The van der Waals surface area contributed by atoms with E-state index in [1.807, 2.05) is 0 Å². The number of nitrogens with zero attached hydrogens (tertiary/aromatic N) is 1. The van der Waals surface area contributed by atoms with Crippen molar-refractivity contribution >= 4 is 0 Å². The van der Waals surface area contributed by atoms with Crippen molar-refractivity contribution in [3.05, 3.63) is 0 Å². The van der Waals surface area contributed by atoms with Crippen molar-refractivity contribution < 1.29 is 8.78 Å². The third-order valence-electron chi connectivity index (χ3n) is 4.09. The summed E-state index contributed by atoms with van der Waals surface area (Å²) < 4.78 is 25.9. The van der Waals surface area contributed by atoms with Crippen LogP contribution in [-0.2, 0) is 0 Å². The molecule has 0 spiro atoms. The van der Waals surface area contributed by atoms with E-state index in [4.69, 9.17) is 0 Å². The second-order valence-electron chi connectivity index (χ2n) is 4.80. The van der Waals surface area contributed by atoms with Gasteiger partial charge in [0.2, 0.25) is 0 Å². The van der Waals surface area contributed by atoms with Gasteiger partial charge in [-0.15, -0.1) is 0 Å². The SMILES string of the molecule is FC1(F)C2CC(N3CCNCC3)CC21. The maximum atomic E-state index is 13.0. The molecule has 3 rings (SSSR count). The van der Waals surface area contributed by atoms with E-state index in [0.717, 1.165) is 39.0 Å². The number of hydrogen-bond donors (Lipinski definition) is 1. The summed E-state index contributed by atoms with van der Waals surface area (Å²) in [7, 11) is 0. The van der Waals surface area contributed by atoms with E-state index >= 15 is 0 Å². The average Bonchev–Trinajstić information content (AvgIpc) is 2.62. The van der Waals surface area contributed by atoms with Gasteiger partial charge in [-0.25, -0.2) is 8.78 Å². The van der Waals surface area contributed by atoms with E-state index in [9.17, 15) is 8.78 Å². The fourth-order valence-electron chi connectivity index (χ4n) is 3.13. The zero-order chi connectivity index (χ0) is 9.76. The number of nitrogens with one attached hydrogen (secondary N) is 1. The van der Waals surface area contributed by atoms with Gasteiger partial charge in [-0.05, 0) is 12.8 Å². The Hall–Kier alpha value is -0.220. The Bertz CT molecular complexity index is 224. The van der Waals surface area contributed by atoms with Crippen LogP contribution in [-0.4, -0.2) is 43.0 Å². The lowest BCUT2D eigenvalue weighted by molar-refractivity contribution is 0.0486. The quantitative estimate of drug-likeness (QED) is 0.680. The lowest BCUT2D eigenvalue weighted by Gasteiger charge is -2.33. The van der Waals surface area contributed by atoms with Crippen LogP contribution in [0.15, 0.2) is 0 Å². The van der Waals surface area contributed by atoms with Crippen LogP contribution in [0.4, 0.5) is 8.78 Å². The van der Waals surface area contributed by atoms with Gasteiger partial charge in [0.15, 0.2) is 0 Å². The summed E-state index contributed by atoms with van der Waals surface area (Å²) in [5, 5.41) is 3.29. The third-order valence-corrected chi connectivity index (χ3v) is 4.09. The molecule has 1 N–H and O–H groups in total. The van der Waals surface area contributed by atoms with Crippen molar-refractivity contribution in [2.24, 2.45) is 11.8 Å². The summed E-state index contributed by atoms with van der Waals surface area (Å²) >= 11 is 0. The smallest absolute Gasteiger partial charge is 0.254 e. The highest BCUT2D eigenvalue weighted by molar-refractivity contribution is 5.13. The molecular formula is C10H16F2N2. The molecular weight excluding hydrogens is 186 g/mol. The molecule has 0 aromatic carbocycles. The summed E-state index contributed by atoms with van der Waals surface area (Å²) in [4.78, 5) is 2.39. The van der Waals surface area contributed by atoms with Crippen molar-refractivity contribution in [2.75, 3.05) is 26.2 Å². The highest BCUT2D eigenvalue weighted by Crippen LogP contribution is 2.64. The van der Waals surface area contributed by atoms with Crippen LogP contribution in [0.3, 0.4) is 0 Å². The van der Waals surface area contributed by atoms with Crippen molar-refractivity contribution in [3.8, 4) is 0 Å². The summed E-state index contributed by atoms with van der Waals surface area (Å²) in [6.07, 6.45) is 1.47. The zero-order valence-corrected chi connectivity index (χ0v) is 8.18. The fourth-order valence-corrected chi connectivity index (χ4v) is 3.13. The van der Waals surface area contributed by atoms with Crippen LogP contribution >= 0.6 is 0 Å². The molecule has 0 radical (unpaired) electrons. The minimum Gasteiger partial charge on any atom is -0.314 e. The molecule has 1 saturated heterocycles. The highest BCUT2D eigenvalue weighted by atomic mass is 19.3. The van der Waals surface area contributed by atoms with Crippen LogP contribution in [0.25, 0.3) is 0 Å². The van der Waals surface area contributed by atoms with Crippen LogP contribution in [0.1, 0.15) is 12.8 Å². The number of fused-ring (bicyclic) bond motifs is 1. The van der Waals surface area contributed by atoms with Crippen LogP contribution in [0.2, 0.25) is 0 Å². The number of rotatable bonds is 1. The van der Waals surface area contributed by atoms with E-state index in [2.05, 4.69) is 10.2 Å². The van der Waals surface area contributed by atoms with Crippen LogP contribution in [0.5, 0.6) is 0 Å². The Morgan fingerprint density at radius 3 is 2.21 bits per heavy atom. The number of hydrogen-bond acceptors (Lipinski definition) is 2. The van der Waals surface area contributed by atoms with Gasteiger partial charge >= 0.3 is 0 Å². The van der Waals surface area contributed by atoms with Gasteiger partial charge in [0.05, 0.1) is 0 Å². The first-order valence-electron chi connectivity index (χ1n) is 5.52. The molecule has 3 fully saturated rings. The molecule has 1 heterocycles.